The van der Waals surface area contributed by atoms with E-state index in [0.717, 1.165) is 0 Å². The monoisotopic (exact) mass is 295 g/mol. The molecule has 8 heteroatoms. The highest BCUT2D eigenvalue weighted by Gasteiger charge is 2.39. The van der Waals surface area contributed by atoms with Gasteiger partial charge in [0.05, 0.1) is 5.92 Å². The first-order valence-corrected chi connectivity index (χ1v) is 6.38. The number of alkyl halides is 3. The van der Waals surface area contributed by atoms with Crippen LogP contribution in [0.1, 0.15) is 6.92 Å². The molecule has 2 amide bonds. The van der Waals surface area contributed by atoms with Gasteiger partial charge in [0.15, 0.2) is 0 Å². The molecule has 116 valence electrons. The van der Waals surface area contributed by atoms with Crippen LogP contribution in [-0.4, -0.2) is 68.1 Å². The molecule has 1 rings (SSSR count). The average molecular weight is 295 g/mol. The van der Waals surface area contributed by atoms with Gasteiger partial charge in [-0.05, 0) is 12.5 Å². The van der Waals surface area contributed by atoms with Gasteiger partial charge < -0.3 is 15.1 Å². The Hall–Kier alpha value is -1.31. The number of amides is 2. The van der Waals surface area contributed by atoms with E-state index in [-0.39, 0.29) is 5.92 Å². The number of hydrogen-bond donors (Lipinski definition) is 1. The normalized spacial score (nSPS) is 22.7. The van der Waals surface area contributed by atoms with Crippen LogP contribution in [-0.2, 0) is 9.59 Å². The van der Waals surface area contributed by atoms with Crippen molar-refractivity contribution in [2.75, 3.05) is 40.3 Å². The molecule has 1 aliphatic rings. The van der Waals surface area contributed by atoms with E-state index in [4.69, 9.17) is 0 Å². The van der Waals surface area contributed by atoms with Gasteiger partial charge in [0.25, 0.3) is 0 Å². The molecule has 0 saturated carbocycles. The van der Waals surface area contributed by atoms with Gasteiger partial charge in [0.2, 0.25) is 11.8 Å². The Bertz CT molecular complexity index is 371. The van der Waals surface area contributed by atoms with Crippen LogP contribution in [0.25, 0.3) is 0 Å². The van der Waals surface area contributed by atoms with Crippen LogP contribution in [0.5, 0.6) is 0 Å². The van der Waals surface area contributed by atoms with Crippen molar-refractivity contribution in [1.29, 1.82) is 0 Å². The fraction of sp³-hybridized carbons (Fsp3) is 0.833. The first-order valence-electron chi connectivity index (χ1n) is 6.38. The van der Waals surface area contributed by atoms with Crippen molar-refractivity contribution in [2.24, 2.45) is 11.8 Å². The molecule has 0 aliphatic carbocycles. The number of carbonyl (C=O) groups is 2. The topological polar surface area (TPSA) is 52.7 Å². The predicted octanol–water partition coefficient (Wildman–Crippen LogP) is 0.321. The summed E-state index contributed by atoms with van der Waals surface area (Å²) in [7, 11) is 2.89. The quantitative estimate of drug-likeness (QED) is 0.813. The first kappa shape index (κ1) is 16.7. The Balaban J connectivity index is 2.80. The fourth-order valence-electron chi connectivity index (χ4n) is 2.11. The molecule has 0 aromatic heterocycles. The molecular weight excluding hydrogens is 275 g/mol. The van der Waals surface area contributed by atoms with Gasteiger partial charge >= 0.3 is 6.18 Å². The van der Waals surface area contributed by atoms with E-state index < -0.39 is 37.0 Å². The molecule has 1 heterocycles. The average Bonchev–Trinajstić information content (AvgIpc) is 2.71. The predicted molar refractivity (Wildman–Crippen MR) is 66.9 cm³/mol. The number of nitrogens with zero attached hydrogens (tertiary/aromatic N) is 2. The summed E-state index contributed by atoms with van der Waals surface area (Å²) in [6, 6.07) is 0. The first-order chi connectivity index (χ1) is 9.11. The Morgan fingerprint density at radius 1 is 1.25 bits per heavy atom. The van der Waals surface area contributed by atoms with Crippen LogP contribution in [0.3, 0.4) is 0 Å². The summed E-state index contributed by atoms with van der Waals surface area (Å²) in [5.41, 5.74) is 0. The molecule has 1 saturated heterocycles. The highest BCUT2D eigenvalue weighted by atomic mass is 19.4. The largest absolute Gasteiger partial charge is 0.406 e. The van der Waals surface area contributed by atoms with Crippen molar-refractivity contribution in [2.45, 2.75) is 13.1 Å². The summed E-state index contributed by atoms with van der Waals surface area (Å²) in [4.78, 5) is 25.6. The van der Waals surface area contributed by atoms with Crippen molar-refractivity contribution in [3.05, 3.63) is 0 Å². The van der Waals surface area contributed by atoms with Gasteiger partial charge in [-0.25, -0.2) is 0 Å². The standard InChI is InChI=1S/C12H20F3N3O2/c1-8-4-16-5-9(8)11(20)18(7-12(13,14)15)6-10(19)17(2)3/h8-9,16H,4-7H2,1-3H3/t8-,9-/m1/s1. The Kier molecular flexibility index (Phi) is 5.38. The molecule has 0 aromatic rings. The summed E-state index contributed by atoms with van der Waals surface area (Å²) < 4.78 is 37.7. The third-order valence-electron chi connectivity index (χ3n) is 3.34. The zero-order valence-electron chi connectivity index (χ0n) is 11.8. The molecule has 20 heavy (non-hydrogen) atoms. The van der Waals surface area contributed by atoms with E-state index in [1.807, 2.05) is 6.92 Å². The minimum absolute atomic E-state index is 0.0345. The van der Waals surface area contributed by atoms with Gasteiger partial charge in [0, 0.05) is 20.6 Å². The van der Waals surface area contributed by atoms with Crippen LogP contribution in [0.4, 0.5) is 13.2 Å². The highest BCUT2D eigenvalue weighted by molar-refractivity contribution is 5.86. The van der Waals surface area contributed by atoms with E-state index in [2.05, 4.69) is 5.32 Å². The minimum atomic E-state index is -4.52. The van der Waals surface area contributed by atoms with Crippen molar-refractivity contribution >= 4 is 11.8 Å². The van der Waals surface area contributed by atoms with Gasteiger partial charge in [0.1, 0.15) is 13.1 Å². The van der Waals surface area contributed by atoms with Crippen molar-refractivity contribution in [3.63, 3.8) is 0 Å². The van der Waals surface area contributed by atoms with Crippen LogP contribution in [0, 0.1) is 11.8 Å². The SMILES string of the molecule is C[C@@H]1CNC[C@H]1C(=O)N(CC(=O)N(C)C)CC(F)(F)F. The molecule has 0 unspecified atom stereocenters. The van der Waals surface area contributed by atoms with Crippen LogP contribution in [0.2, 0.25) is 0 Å². The molecular formula is C12H20F3N3O2. The smallest absolute Gasteiger partial charge is 0.347 e. The fourth-order valence-corrected chi connectivity index (χ4v) is 2.11. The van der Waals surface area contributed by atoms with E-state index in [1.54, 1.807) is 0 Å². The summed E-state index contributed by atoms with van der Waals surface area (Å²) in [5, 5.41) is 2.97. The summed E-state index contributed by atoms with van der Waals surface area (Å²) in [6.45, 7) is 0.813. The number of nitrogens with one attached hydrogen (secondary N) is 1. The lowest BCUT2D eigenvalue weighted by Gasteiger charge is -2.28. The van der Waals surface area contributed by atoms with E-state index in [0.29, 0.717) is 18.0 Å². The molecule has 0 radical (unpaired) electrons. The number of halogens is 3. The highest BCUT2D eigenvalue weighted by Crippen LogP contribution is 2.22. The summed E-state index contributed by atoms with van der Waals surface area (Å²) in [6.07, 6.45) is -4.52. The van der Waals surface area contributed by atoms with Crippen molar-refractivity contribution < 1.29 is 22.8 Å². The van der Waals surface area contributed by atoms with Gasteiger partial charge in [-0.1, -0.05) is 6.92 Å². The molecule has 1 fully saturated rings. The molecule has 0 spiro atoms. The summed E-state index contributed by atoms with van der Waals surface area (Å²) in [5.74, 6) is -1.68. The number of likely N-dealkylation sites (N-methyl/N-ethyl adjacent to an activating group) is 1. The zero-order chi connectivity index (χ0) is 15.5. The maximum atomic E-state index is 12.6. The van der Waals surface area contributed by atoms with Crippen LogP contribution >= 0.6 is 0 Å². The zero-order valence-corrected chi connectivity index (χ0v) is 11.8. The molecule has 2 atom stereocenters. The Morgan fingerprint density at radius 3 is 2.25 bits per heavy atom. The lowest BCUT2D eigenvalue weighted by molar-refractivity contribution is -0.166. The molecule has 0 aromatic carbocycles. The van der Waals surface area contributed by atoms with Crippen molar-refractivity contribution in [3.8, 4) is 0 Å². The van der Waals surface area contributed by atoms with Gasteiger partial charge in [-0.2, -0.15) is 13.2 Å². The second kappa shape index (κ2) is 6.43. The lowest BCUT2D eigenvalue weighted by atomic mass is 9.96. The van der Waals surface area contributed by atoms with Crippen molar-refractivity contribution in [1.82, 2.24) is 15.1 Å². The van der Waals surface area contributed by atoms with E-state index in [1.165, 1.54) is 19.0 Å². The maximum Gasteiger partial charge on any atom is 0.406 e. The second-order valence-corrected chi connectivity index (χ2v) is 5.34. The number of hydrogen-bond acceptors (Lipinski definition) is 3. The minimum Gasteiger partial charge on any atom is -0.347 e. The van der Waals surface area contributed by atoms with Crippen LogP contribution < -0.4 is 5.32 Å². The van der Waals surface area contributed by atoms with E-state index in [9.17, 15) is 22.8 Å². The molecule has 5 nitrogen and oxygen atoms in total. The van der Waals surface area contributed by atoms with E-state index >= 15 is 0 Å². The van der Waals surface area contributed by atoms with Gasteiger partial charge in [-0.3, -0.25) is 9.59 Å². The number of rotatable bonds is 4. The third kappa shape index (κ3) is 4.66. The Labute approximate surface area is 116 Å². The molecule has 1 aliphatic heterocycles. The molecule has 1 N–H and O–H groups in total. The van der Waals surface area contributed by atoms with Crippen LogP contribution in [0.15, 0.2) is 0 Å². The summed E-state index contributed by atoms with van der Waals surface area (Å²) >= 11 is 0. The lowest BCUT2D eigenvalue weighted by Crippen LogP contribution is -2.48. The maximum absolute atomic E-state index is 12.6. The Morgan fingerprint density at radius 2 is 1.85 bits per heavy atom. The van der Waals surface area contributed by atoms with Gasteiger partial charge in [-0.15, -0.1) is 0 Å². The second-order valence-electron chi connectivity index (χ2n) is 5.34. The third-order valence-corrected chi connectivity index (χ3v) is 3.34. The number of carbonyl (C=O) groups excluding carboxylic acids is 2. The molecule has 0 bridgehead atoms.